The van der Waals surface area contributed by atoms with Crippen molar-refractivity contribution < 1.29 is 13.9 Å². The van der Waals surface area contributed by atoms with Gasteiger partial charge in [0.1, 0.15) is 6.04 Å². The highest BCUT2D eigenvalue weighted by Gasteiger charge is 2.16. The first-order chi connectivity index (χ1) is 8.85. The number of ether oxygens (including phenoxy) is 1. The van der Waals surface area contributed by atoms with E-state index in [-0.39, 0.29) is 23.4 Å². The maximum absolute atomic E-state index is 13.4. The third-order valence-corrected chi connectivity index (χ3v) is 2.52. The van der Waals surface area contributed by atoms with Crippen molar-refractivity contribution >= 4 is 17.3 Å². The predicted molar refractivity (Wildman–Crippen MR) is 73.7 cm³/mol. The molecule has 0 aliphatic carbocycles. The zero-order chi connectivity index (χ0) is 14.6. The van der Waals surface area contributed by atoms with Crippen molar-refractivity contribution in [3.8, 4) is 5.75 Å². The Hall–Kier alpha value is -1.98. The second kappa shape index (κ2) is 6.26. The zero-order valence-electron chi connectivity index (χ0n) is 11.6. The third-order valence-electron chi connectivity index (χ3n) is 2.52. The van der Waals surface area contributed by atoms with E-state index >= 15 is 0 Å². The Bertz CT molecular complexity index is 463. The molecule has 0 bridgehead atoms. The van der Waals surface area contributed by atoms with Crippen LogP contribution in [0.25, 0.3) is 0 Å². The normalized spacial score (nSPS) is 12.1. The molecule has 4 N–H and O–H groups in total. The number of nitrogens with one attached hydrogen (secondary N) is 2. The summed E-state index contributed by atoms with van der Waals surface area (Å²) >= 11 is 0. The standard InChI is InChI=1S/C13H20FN3O2/c1-7(2)16-13(18)8(3)17-11-6-12(19-4)9(14)5-10(11)15/h5-8,17H,15H2,1-4H3,(H,16,18). The Morgan fingerprint density at radius 2 is 2.00 bits per heavy atom. The molecular formula is C13H20FN3O2. The summed E-state index contributed by atoms with van der Waals surface area (Å²) in [6.45, 7) is 5.45. The highest BCUT2D eigenvalue weighted by atomic mass is 19.1. The number of nitrogen functional groups attached to an aromatic ring is 1. The average molecular weight is 269 g/mol. The Morgan fingerprint density at radius 3 is 2.53 bits per heavy atom. The predicted octanol–water partition coefficient (Wildman–Crippen LogP) is 1.74. The maximum atomic E-state index is 13.4. The van der Waals surface area contributed by atoms with Crippen LogP contribution in [0.2, 0.25) is 0 Å². The number of anilines is 2. The Morgan fingerprint density at radius 1 is 1.37 bits per heavy atom. The van der Waals surface area contributed by atoms with Gasteiger partial charge >= 0.3 is 0 Å². The molecule has 1 aromatic carbocycles. The number of carbonyl (C=O) groups is 1. The van der Waals surface area contributed by atoms with E-state index in [0.717, 1.165) is 6.07 Å². The topological polar surface area (TPSA) is 76.4 Å². The minimum absolute atomic E-state index is 0.0526. The summed E-state index contributed by atoms with van der Waals surface area (Å²) in [4.78, 5) is 11.8. The molecule has 1 amide bonds. The Kier molecular flexibility index (Phi) is 4.97. The first kappa shape index (κ1) is 15.1. The van der Waals surface area contributed by atoms with Gasteiger partial charge in [-0.1, -0.05) is 0 Å². The van der Waals surface area contributed by atoms with Crippen LogP contribution in [0.15, 0.2) is 12.1 Å². The summed E-state index contributed by atoms with van der Waals surface area (Å²) in [5.41, 5.74) is 6.39. The summed E-state index contributed by atoms with van der Waals surface area (Å²) in [6, 6.07) is 2.16. The SMILES string of the molecule is COc1cc(NC(C)C(=O)NC(C)C)c(N)cc1F. The van der Waals surface area contributed by atoms with Gasteiger partial charge in [0.2, 0.25) is 5.91 Å². The van der Waals surface area contributed by atoms with E-state index in [1.807, 2.05) is 13.8 Å². The van der Waals surface area contributed by atoms with Crippen LogP contribution in [-0.4, -0.2) is 25.1 Å². The monoisotopic (exact) mass is 269 g/mol. The molecule has 106 valence electrons. The van der Waals surface area contributed by atoms with Gasteiger partial charge in [0.25, 0.3) is 0 Å². The van der Waals surface area contributed by atoms with Crippen molar-refractivity contribution in [2.45, 2.75) is 32.9 Å². The van der Waals surface area contributed by atoms with Crippen molar-refractivity contribution in [1.29, 1.82) is 0 Å². The molecule has 5 nitrogen and oxygen atoms in total. The Labute approximate surface area is 112 Å². The second-order valence-corrected chi connectivity index (χ2v) is 4.60. The molecule has 0 aliphatic heterocycles. The minimum atomic E-state index is -0.537. The fourth-order valence-electron chi connectivity index (χ4n) is 1.56. The molecule has 0 heterocycles. The number of amides is 1. The van der Waals surface area contributed by atoms with E-state index in [9.17, 15) is 9.18 Å². The van der Waals surface area contributed by atoms with Crippen molar-refractivity contribution in [3.63, 3.8) is 0 Å². The van der Waals surface area contributed by atoms with Gasteiger partial charge in [0.15, 0.2) is 11.6 Å². The van der Waals surface area contributed by atoms with Crippen LogP contribution < -0.4 is 21.1 Å². The fraction of sp³-hybridized carbons (Fsp3) is 0.462. The van der Waals surface area contributed by atoms with Gasteiger partial charge in [-0.3, -0.25) is 4.79 Å². The quantitative estimate of drug-likeness (QED) is 0.712. The van der Waals surface area contributed by atoms with E-state index in [4.69, 9.17) is 10.5 Å². The van der Waals surface area contributed by atoms with Gasteiger partial charge in [0, 0.05) is 18.2 Å². The first-order valence-corrected chi connectivity index (χ1v) is 6.05. The highest BCUT2D eigenvalue weighted by molar-refractivity contribution is 5.85. The summed E-state index contributed by atoms with van der Waals surface area (Å²) in [7, 11) is 1.37. The van der Waals surface area contributed by atoms with Crippen molar-refractivity contribution in [3.05, 3.63) is 17.9 Å². The van der Waals surface area contributed by atoms with Gasteiger partial charge in [0.05, 0.1) is 18.5 Å². The molecule has 1 unspecified atom stereocenters. The van der Waals surface area contributed by atoms with Crippen LogP contribution in [0.1, 0.15) is 20.8 Å². The molecule has 0 aromatic heterocycles. The van der Waals surface area contributed by atoms with E-state index in [1.165, 1.54) is 13.2 Å². The fourth-order valence-corrected chi connectivity index (χ4v) is 1.56. The van der Waals surface area contributed by atoms with Crippen molar-refractivity contribution in [1.82, 2.24) is 5.32 Å². The molecular weight excluding hydrogens is 249 g/mol. The average Bonchev–Trinajstić information content (AvgIpc) is 2.31. The minimum Gasteiger partial charge on any atom is -0.494 e. The summed E-state index contributed by atoms with van der Waals surface area (Å²) in [5, 5.41) is 5.71. The number of benzene rings is 1. The van der Waals surface area contributed by atoms with Crippen LogP contribution in [0, 0.1) is 5.82 Å². The summed E-state index contributed by atoms with van der Waals surface area (Å²) in [6.07, 6.45) is 0. The lowest BCUT2D eigenvalue weighted by atomic mass is 10.2. The molecule has 0 fully saturated rings. The van der Waals surface area contributed by atoms with E-state index in [1.54, 1.807) is 6.92 Å². The van der Waals surface area contributed by atoms with Crippen LogP contribution in [0.3, 0.4) is 0 Å². The number of hydrogen-bond acceptors (Lipinski definition) is 4. The molecule has 1 rings (SSSR count). The molecule has 19 heavy (non-hydrogen) atoms. The van der Waals surface area contributed by atoms with Crippen LogP contribution in [0.5, 0.6) is 5.75 Å². The molecule has 0 radical (unpaired) electrons. The second-order valence-electron chi connectivity index (χ2n) is 4.60. The lowest BCUT2D eigenvalue weighted by Gasteiger charge is -2.18. The smallest absolute Gasteiger partial charge is 0.242 e. The Balaban J connectivity index is 2.84. The third kappa shape index (κ3) is 4.01. The number of carbonyl (C=O) groups excluding carboxylic acids is 1. The van der Waals surface area contributed by atoms with Crippen LogP contribution in [-0.2, 0) is 4.79 Å². The van der Waals surface area contributed by atoms with Gasteiger partial charge in [-0.15, -0.1) is 0 Å². The molecule has 6 heteroatoms. The molecule has 0 aliphatic rings. The number of nitrogens with two attached hydrogens (primary N) is 1. The molecule has 1 aromatic rings. The van der Waals surface area contributed by atoms with Gasteiger partial charge in [-0.05, 0) is 20.8 Å². The van der Waals surface area contributed by atoms with Crippen molar-refractivity contribution in [2.24, 2.45) is 0 Å². The number of methoxy groups -OCH3 is 1. The summed E-state index contributed by atoms with van der Waals surface area (Å²) in [5.74, 6) is -0.615. The highest BCUT2D eigenvalue weighted by Crippen LogP contribution is 2.28. The zero-order valence-corrected chi connectivity index (χ0v) is 11.6. The maximum Gasteiger partial charge on any atom is 0.242 e. The summed E-state index contributed by atoms with van der Waals surface area (Å²) < 4.78 is 18.3. The number of hydrogen-bond donors (Lipinski definition) is 3. The van der Waals surface area contributed by atoms with Crippen LogP contribution >= 0.6 is 0 Å². The number of rotatable bonds is 5. The van der Waals surface area contributed by atoms with Crippen molar-refractivity contribution in [2.75, 3.05) is 18.2 Å². The molecule has 0 saturated heterocycles. The van der Waals surface area contributed by atoms with Crippen LogP contribution in [0.4, 0.5) is 15.8 Å². The van der Waals surface area contributed by atoms with E-state index < -0.39 is 11.9 Å². The molecule has 0 spiro atoms. The van der Waals surface area contributed by atoms with Gasteiger partial charge < -0.3 is 21.1 Å². The van der Waals surface area contributed by atoms with E-state index in [2.05, 4.69) is 10.6 Å². The lowest BCUT2D eigenvalue weighted by Crippen LogP contribution is -2.41. The molecule has 0 saturated carbocycles. The largest absolute Gasteiger partial charge is 0.494 e. The lowest BCUT2D eigenvalue weighted by molar-refractivity contribution is -0.122. The number of halogens is 1. The van der Waals surface area contributed by atoms with Gasteiger partial charge in [-0.25, -0.2) is 4.39 Å². The molecule has 1 atom stereocenters. The van der Waals surface area contributed by atoms with E-state index in [0.29, 0.717) is 5.69 Å². The first-order valence-electron chi connectivity index (χ1n) is 6.05. The van der Waals surface area contributed by atoms with Gasteiger partial charge in [-0.2, -0.15) is 0 Å².